The molecule has 1 saturated heterocycles. The third-order valence-electron chi connectivity index (χ3n) is 4.34. The molecule has 1 aliphatic rings. The lowest BCUT2D eigenvalue weighted by Crippen LogP contribution is -2.44. The van der Waals surface area contributed by atoms with Crippen molar-refractivity contribution in [1.29, 1.82) is 0 Å². The van der Waals surface area contributed by atoms with Gasteiger partial charge in [0, 0.05) is 45.0 Å². The number of urea groups is 1. The molecule has 23 heavy (non-hydrogen) atoms. The maximum absolute atomic E-state index is 13.1. The lowest BCUT2D eigenvalue weighted by molar-refractivity contribution is 0.179. The molecule has 1 aromatic heterocycles. The van der Waals surface area contributed by atoms with Crippen LogP contribution in [0.15, 0.2) is 36.7 Å². The minimum atomic E-state index is -0.285. The van der Waals surface area contributed by atoms with Crippen LogP contribution >= 0.6 is 0 Å². The van der Waals surface area contributed by atoms with Gasteiger partial charge in [-0.25, -0.2) is 14.2 Å². The van der Waals surface area contributed by atoms with Gasteiger partial charge in [0.05, 0.1) is 0 Å². The van der Waals surface area contributed by atoms with Crippen LogP contribution in [0.25, 0.3) is 0 Å². The van der Waals surface area contributed by atoms with E-state index in [0.717, 1.165) is 24.2 Å². The van der Waals surface area contributed by atoms with Crippen LogP contribution in [0.2, 0.25) is 0 Å². The number of rotatable bonds is 3. The van der Waals surface area contributed by atoms with E-state index < -0.39 is 0 Å². The molecule has 1 aromatic carbocycles. The number of nitrogens with one attached hydrogen (secondary N) is 1. The number of piperidine rings is 1. The molecule has 5 nitrogen and oxygen atoms in total. The molecule has 0 unspecified atom stereocenters. The highest BCUT2D eigenvalue weighted by molar-refractivity contribution is 5.74. The molecule has 0 aliphatic carbocycles. The lowest BCUT2D eigenvalue weighted by atomic mass is 9.96. The molecule has 2 aromatic rings. The van der Waals surface area contributed by atoms with Crippen molar-refractivity contribution in [1.82, 2.24) is 19.8 Å². The van der Waals surface area contributed by atoms with E-state index >= 15 is 0 Å². The summed E-state index contributed by atoms with van der Waals surface area (Å²) in [5.74, 6) is 1.21. The van der Waals surface area contributed by atoms with E-state index in [-0.39, 0.29) is 11.8 Å². The number of aryl methyl sites for hydroxylation is 1. The Hall–Kier alpha value is -2.37. The fourth-order valence-corrected chi connectivity index (χ4v) is 3.05. The second kappa shape index (κ2) is 6.81. The normalized spacial score (nSPS) is 15.7. The van der Waals surface area contributed by atoms with Crippen molar-refractivity contribution in [3.63, 3.8) is 0 Å². The summed E-state index contributed by atoms with van der Waals surface area (Å²) in [6, 6.07) is 6.19. The van der Waals surface area contributed by atoms with Crippen LogP contribution in [0.3, 0.4) is 0 Å². The molecular weight excluding hydrogens is 295 g/mol. The summed E-state index contributed by atoms with van der Waals surface area (Å²) in [6.45, 7) is 1.77. The Bertz CT molecular complexity index is 677. The van der Waals surface area contributed by atoms with E-state index in [2.05, 4.69) is 10.3 Å². The molecule has 122 valence electrons. The number of hydrogen-bond acceptors (Lipinski definition) is 2. The summed E-state index contributed by atoms with van der Waals surface area (Å²) < 4.78 is 15.2. The number of benzene rings is 1. The van der Waals surface area contributed by atoms with Gasteiger partial charge < -0.3 is 14.8 Å². The molecule has 2 amide bonds. The molecule has 1 N–H and O–H groups in total. The third-order valence-corrected chi connectivity index (χ3v) is 4.34. The Morgan fingerprint density at radius 3 is 2.83 bits per heavy atom. The number of nitrogens with zero attached hydrogens (tertiary/aromatic N) is 3. The number of likely N-dealkylation sites (tertiary alicyclic amines) is 1. The predicted octanol–water partition coefficient (Wildman–Crippen LogP) is 2.65. The Balaban J connectivity index is 1.49. The van der Waals surface area contributed by atoms with Crippen molar-refractivity contribution in [3.8, 4) is 0 Å². The fraction of sp³-hybridized carbons (Fsp3) is 0.412. The molecule has 1 fully saturated rings. The summed E-state index contributed by atoms with van der Waals surface area (Å²) in [5, 5.41) is 2.86. The summed E-state index contributed by atoms with van der Waals surface area (Å²) in [6.07, 6.45) is 5.59. The van der Waals surface area contributed by atoms with Crippen LogP contribution in [0.5, 0.6) is 0 Å². The first kappa shape index (κ1) is 15.5. The van der Waals surface area contributed by atoms with Gasteiger partial charge in [0.15, 0.2) is 0 Å². The lowest BCUT2D eigenvalue weighted by Gasteiger charge is -2.31. The number of hydrogen-bond donors (Lipinski definition) is 1. The summed E-state index contributed by atoms with van der Waals surface area (Å²) in [4.78, 5) is 18.4. The Morgan fingerprint density at radius 1 is 1.39 bits per heavy atom. The van der Waals surface area contributed by atoms with Gasteiger partial charge in [0.1, 0.15) is 11.6 Å². The van der Waals surface area contributed by atoms with Crippen LogP contribution in [-0.4, -0.2) is 33.6 Å². The quantitative estimate of drug-likeness (QED) is 0.946. The van der Waals surface area contributed by atoms with Crippen LogP contribution in [0, 0.1) is 5.82 Å². The number of halogens is 1. The van der Waals surface area contributed by atoms with Crippen LogP contribution < -0.4 is 5.32 Å². The number of carbonyl (C=O) groups is 1. The van der Waals surface area contributed by atoms with Gasteiger partial charge in [-0.05, 0) is 30.5 Å². The zero-order valence-electron chi connectivity index (χ0n) is 13.2. The SMILES string of the molecule is Cn1ccnc1C1CCN(C(=O)NCc2cccc(F)c2)CC1. The molecule has 1 aliphatic heterocycles. The van der Waals surface area contributed by atoms with Crippen LogP contribution in [0.1, 0.15) is 30.1 Å². The highest BCUT2D eigenvalue weighted by atomic mass is 19.1. The monoisotopic (exact) mass is 316 g/mol. The van der Waals surface area contributed by atoms with E-state index in [9.17, 15) is 9.18 Å². The molecule has 0 spiro atoms. The van der Waals surface area contributed by atoms with Crippen molar-refractivity contribution in [2.75, 3.05) is 13.1 Å². The van der Waals surface area contributed by atoms with Gasteiger partial charge in [-0.2, -0.15) is 0 Å². The van der Waals surface area contributed by atoms with Gasteiger partial charge in [-0.3, -0.25) is 0 Å². The summed E-state index contributed by atoms with van der Waals surface area (Å²) >= 11 is 0. The van der Waals surface area contributed by atoms with E-state index in [1.807, 2.05) is 28.9 Å². The van der Waals surface area contributed by atoms with Gasteiger partial charge in [0.25, 0.3) is 0 Å². The van der Waals surface area contributed by atoms with E-state index in [4.69, 9.17) is 0 Å². The standard InChI is InChI=1S/C17H21FN4O/c1-21-10-7-19-16(21)14-5-8-22(9-6-14)17(23)20-12-13-3-2-4-15(18)11-13/h2-4,7,10-11,14H,5-6,8-9,12H2,1H3,(H,20,23). The average Bonchev–Trinajstić information content (AvgIpc) is 2.99. The van der Waals surface area contributed by atoms with Crippen molar-refractivity contribution in [2.45, 2.75) is 25.3 Å². The van der Waals surface area contributed by atoms with Crippen LogP contribution in [0.4, 0.5) is 9.18 Å². The maximum Gasteiger partial charge on any atom is 0.317 e. The van der Waals surface area contributed by atoms with Gasteiger partial charge in [-0.1, -0.05) is 12.1 Å². The second-order valence-electron chi connectivity index (χ2n) is 5.95. The highest BCUT2D eigenvalue weighted by Crippen LogP contribution is 2.26. The topological polar surface area (TPSA) is 50.2 Å². The van der Waals surface area contributed by atoms with Gasteiger partial charge >= 0.3 is 6.03 Å². The maximum atomic E-state index is 13.1. The number of aromatic nitrogens is 2. The average molecular weight is 316 g/mol. The zero-order valence-corrected chi connectivity index (χ0v) is 13.2. The van der Waals surface area contributed by atoms with E-state index in [1.54, 1.807) is 12.1 Å². The smallest absolute Gasteiger partial charge is 0.317 e. The molecule has 2 heterocycles. The molecule has 0 saturated carbocycles. The number of carbonyl (C=O) groups excluding carboxylic acids is 1. The number of amides is 2. The first-order valence-corrected chi connectivity index (χ1v) is 7.88. The first-order valence-electron chi connectivity index (χ1n) is 7.88. The molecule has 0 bridgehead atoms. The second-order valence-corrected chi connectivity index (χ2v) is 5.95. The summed E-state index contributed by atoms with van der Waals surface area (Å²) in [7, 11) is 2.00. The first-order chi connectivity index (χ1) is 11.1. The fourth-order valence-electron chi connectivity index (χ4n) is 3.05. The van der Waals surface area contributed by atoms with E-state index in [1.165, 1.54) is 12.1 Å². The molecule has 3 rings (SSSR count). The van der Waals surface area contributed by atoms with Crippen molar-refractivity contribution in [2.24, 2.45) is 7.05 Å². The van der Waals surface area contributed by atoms with Gasteiger partial charge in [0.2, 0.25) is 0 Å². The Kier molecular flexibility index (Phi) is 4.60. The van der Waals surface area contributed by atoms with Crippen molar-refractivity contribution >= 4 is 6.03 Å². The Labute approximate surface area is 135 Å². The van der Waals surface area contributed by atoms with Crippen molar-refractivity contribution < 1.29 is 9.18 Å². The zero-order chi connectivity index (χ0) is 16.2. The summed E-state index contributed by atoms with van der Waals surface area (Å²) in [5.41, 5.74) is 0.765. The minimum Gasteiger partial charge on any atom is -0.338 e. The Morgan fingerprint density at radius 2 is 2.17 bits per heavy atom. The van der Waals surface area contributed by atoms with Gasteiger partial charge in [-0.15, -0.1) is 0 Å². The molecule has 0 atom stereocenters. The largest absolute Gasteiger partial charge is 0.338 e. The molecule has 0 radical (unpaired) electrons. The number of imidazole rings is 1. The van der Waals surface area contributed by atoms with Crippen molar-refractivity contribution in [3.05, 3.63) is 53.9 Å². The third kappa shape index (κ3) is 3.70. The highest BCUT2D eigenvalue weighted by Gasteiger charge is 2.25. The predicted molar refractivity (Wildman–Crippen MR) is 85.4 cm³/mol. The van der Waals surface area contributed by atoms with Crippen LogP contribution in [-0.2, 0) is 13.6 Å². The molecule has 6 heteroatoms. The van der Waals surface area contributed by atoms with E-state index in [0.29, 0.717) is 25.6 Å². The molecular formula is C17H21FN4O. The minimum absolute atomic E-state index is 0.0902.